The lowest BCUT2D eigenvalue weighted by Crippen LogP contribution is -2.37. The van der Waals surface area contributed by atoms with Crippen molar-refractivity contribution in [2.75, 3.05) is 14.2 Å². The monoisotopic (exact) mass is 342 g/mol. The summed E-state index contributed by atoms with van der Waals surface area (Å²) >= 11 is 0. The van der Waals surface area contributed by atoms with Crippen LogP contribution in [0.5, 0.6) is 11.5 Å². The molecule has 0 aliphatic heterocycles. The summed E-state index contributed by atoms with van der Waals surface area (Å²) in [5, 5.41) is 6.21. The van der Waals surface area contributed by atoms with Crippen molar-refractivity contribution < 1.29 is 19.1 Å². The molecule has 0 unspecified atom stereocenters. The van der Waals surface area contributed by atoms with Gasteiger partial charge in [0.05, 0.1) is 32.7 Å². The van der Waals surface area contributed by atoms with Gasteiger partial charge < -0.3 is 14.8 Å². The van der Waals surface area contributed by atoms with E-state index in [-0.39, 0.29) is 6.54 Å². The summed E-state index contributed by atoms with van der Waals surface area (Å²) in [5.74, 6) is -0.550. The van der Waals surface area contributed by atoms with Crippen LogP contribution in [0.25, 0.3) is 0 Å². The van der Waals surface area contributed by atoms with E-state index in [1.54, 1.807) is 42.6 Å². The van der Waals surface area contributed by atoms with Crippen molar-refractivity contribution in [1.29, 1.82) is 0 Å². The van der Waals surface area contributed by atoms with Crippen LogP contribution >= 0.6 is 0 Å². The molecule has 0 atom stereocenters. The van der Waals surface area contributed by atoms with Crippen LogP contribution < -0.4 is 20.2 Å². The molecule has 2 amide bonds. The second-order valence-corrected chi connectivity index (χ2v) is 4.82. The third kappa shape index (κ3) is 5.31. The quantitative estimate of drug-likeness (QED) is 0.461. The van der Waals surface area contributed by atoms with Gasteiger partial charge in [-0.1, -0.05) is 6.07 Å². The highest BCUT2D eigenvalue weighted by Gasteiger charge is 2.12. The maximum absolute atomic E-state index is 11.7. The van der Waals surface area contributed by atoms with Crippen molar-refractivity contribution in [3.05, 3.63) is 53.9 Å². The number of hydrazone groups is 1. The average molecular weight is 342 g/mol. The van der Waals surface area contributed by atoms with Gasteiger partial charge in [0.15, 0.2) is 11.5 Å². The van der Waals surface area contributed by atoms with E-state index in [0.29, 0.717) is 22.8 Å². The number of nitrogens with zero attached hydrogens (tertiary/aromatic N) is 2. The Morgan fingerprint density at radius 2 is 1.92 bits per heavy atom. The summed E-state index contributed by atoms with van der Waals surface area (Å²) in [6, 6.07) is 10.4. The minimum Gasteiger partial charge on any atom is -0.493 e. The standard InChI is InChI=1S/C17H18N4O4/c1-24-14-7-6-12(9-15(14)25-2)10-20-21-17(23)16(22)19-11-13-5-3-4-8-18-13/h3-10H,11H2,1-2H3,(H,19,22)(H,21,23). The lowest BCUT2D eigenvalue weighted by atomic mass is 10.2. The van der Waals surface area contributed by atoms with Crippen LogP contribution in [0.1, 0.15) is 11.3 Å². The third-order valence-electron chi connectivity index (χ3n) is 3.15. The molecule has 2 aromatic rings. The van der Waals surface area contributed by atoms with Gasteiger partial charge in [-0.2, -0.15) is 5.10 Å². The summed E-state index contributed by atoms with van der Waals surface area (Å²) in [4.78, 5) is 27.4. The van der Waals surface area contributed by atoms with Gasteiger partial charge in [-0.15, -0.1) is 0 Å². The first-order chi connectivity index (χ1) is 12.1. The fourth-order valence-electron chi connectivity index (χ4n) is 1.90. The number of amides is 2. The fourth-order valence-corrected chi connectivity index (χ4v) is 1.90. The van der Waals surface area contributed by atoms with Gasteiger partial charge in [0.1, 0.15) is 0 Å². The van der Waals surface area contributed by atoms with Gasteiger partial charge in [-0.3, -0.25) is 14.6 Å². The summed E-state index contributed by atoms with van der Waals surface area (Å²) in [7, 11) is 3.06. The Morgan fingerprint density at radius 3 is 2.60 bits per heavy atom. The molecule has 2 N–H and O–H groups in total. The van der Waals surface area contributed by atoms with Crippen LogP contribution in [0.2, 0.25) is 0 Å². The lowest BCUT2D eigenvalue weighted by Gasteiger charge is -2.07. The number of aromatic nitrogens is 1. The van der Waals surface area contributed by atoms with Gasteiger partial charge in [0, 0.05) is 6.20 Å². The largest absolute Gasteiger partial charge is 0.493 e. The van der Waals surface area contributed by atoms with Crippen molar-refractivity contribution in [3.8, 4) is 11.5 Å². The van der Waals surface area contributed by atoms with Gasteiger partial charge in [0.2, 0.25) is 0 Å². The highest BCUT2D eigenvalue weighted by Crippen LogP contribution is 2.26. The van der Waals surface area contributed by atoms with Gasteiger partial charge in [0.25, 0.3) is 0 Å². The average Bonchev–Trinajstić information content (AvgIpc) is 2.66. The highest BCUT2D eigenvalue weighted by molar-refractivity contribution is 6.35. The van der Waals surface area contributed by atoms with Crippen LogP contribution in [0.4, 0.5) is 0 Å². The van der Waals surface area contributed by atoms with Crippen LogP contribution in [0.15, 0.2) is 47.7 Å². The molecule has 25 heavy (non-hydrogen) atoms. The number of nitrogens with one attached hydrogen (secondary N) is 2. The molecule has 0 saturated heterocycles. The summed E-state index contributed by atoms with van der Waals surface area (Å²) < 4.78 is 10.3. The Bertz CT molecular complexity index is 762. The molecule has 1 heterocycles. The summed E-state index contributed by atoms with van der Waals surface area (Å²) in [6.45, 7) is 0.159. The van der Waals surface area contributed by atoms with E-state index in [2.05, 4.69) is 20.8 Å². The van der Waals surface area contributed by atoms with Crippen molar-refractivity contribution >= 4 is 18.0 Å². The molecule has 8 nitrogen and oxygen atoms in total. The maximum atomic E-state index is 11.7. The smallest absolute Gasteiger partial charge is 0.329 e. The minimum absolute atomic E-state index is 0.159. The zero-order valence-electron chi connectivity index (χ0n) is 13.9. The summed E-state index contributed by atoms with van der Waals surface area (Å²) in [6.07, 6.45) is 3.00. The van der Waals surface area contributed by atoms with Crippen LogP contribution in [0.3, 0.4) is 0 Å². The Labute approximate surface area is 144 Å². The van der Waals surface area contributed by atoms with Crippen molar-refractivity contribution in [3.63, 3.8) is 0 Å². The predicted molar refractivity (Wildman–Crippen MR) is 91.4 cm³/mol. The molecule has 0 bridgehead atoms. The zero-order chi connectivity index (χ0) is 18.1. The van der Waals surface area contributed by atoms with Crippen molar-refractivity contribution in [2.24, 2.45) is 5.10 Å². The molecule has 1 aromatic carbocycles. The zero-order valence-corrected chi connectivity index (χ0v) is 13.9. The minimum atomic E-state index is -0.868. The molecular formula is C17H18N4O4. The first kappa shape index (κ1) is 17.9. The van der Waals surface area contributed by atoms with E-state index in [9.17, 15) is 9.59 Å². The maximum Gasteiger partial charge on any atom is 0.329 e. The summed E-state index contributed by atoms with van der Waals surface area (Å²) in [5.41, 5.74) is 3.48. The molecule has 0 radical (unpaired) electrons. The molecule has 0 fully saturated rings. The third-order valence-corrected chi connectivity index (χ3v) is 3.15. The molecule has 0 spiro atoms. The molecule has 0 saturated carbocycles. The molecule has 2 rings (SSSR count). The van der Waals surface area contributed by atoms with Gasteiger partial charge in [-0.05, 0) is 35.9 Å². The van der Waals surface area contributed by atoms with E-state index in [4.69, 9.17) is 9.47 Å². The van der Waals surface area contributed by atoms with Crippen LogP contribution in [-0.2, 0) is 16.1 Å². The van der Waals surface area contributed by atoms with E-state index in [1.165, 1.54) is 20.4 Å². The normalized spacial score (nSPS) is 10.3. The number of benzene rings is 1. The number of hydrogen-bond donors (Lipinski definition) is 2. The molecule has 0 aliphatic carbocycles. The first-order valence-corrected chi connectivity index (χ1v) is 7.37. The number of ether oxygens (including phenoxy) is 2. The first-order valence-electron chi connectivity index (χ1n) is 7.37. The second-order valence-electron chi connectivity index (χ2n) is 4.82. The number of rotatable bonds is 6. The molecule has 0 aliphatic rings. The number of pyridine rings is 1. The number of carbonyl (C=O) groups excluding carboxylic acids is 2. The topological polar surface area (TPSA) is 102 Å². The number of carbonyl (C=O) groups is 2. The van der Waals surface area contributed by atoms with E-state index in [1.807, 2.05) is 0 Å². The lowest BCUT2D eigenvalue weighted by molar-refractivity contribution is -0.139. The predicted octanol–water partition coefficient (Wildman–Crippen LogP) is 0.865. The van der Waals surface area contributed by atoms with Crippen LogP contribution in [-0.4, -0.2) is 37.2 Å². The Kier molecular flexibility index (Phi) is 6.47. The molecule has 1 aromatic heterocycles. The van der Waals surface area contributed by atoms with E-state index in [0.717, 1.165) is 0 Å². The number of methoxy groups -OCH3 is 2. The second kappa shape index (κ2) is 9.02. The molecule has 8 heteroatoms. The SMILES string of the molecule is COc1ccc(C=NNC(=O)C(=O)NCc2ccccn2)cc1OC. The van der Waals surface area contributed by atoms with Gasteiger partial charge in [-0.25, -0.2) is 5.43 Å². The van der Waals surface area contributed by atoms with Crippen molar-refractivity contribution in [2.45, 2.75) is 6.54 Å². The fraction of sp³-hybridized carbons (Fsp3) is 0.176. The molecule has 130 valence electrons. The van der Waals surface area contributed by atoms with E-state index >= 15 is 0 Å². The van der Waals surface area contributed by atoms with Gasteiger partial charge >= 0.3 is 11.8 Å². The Hall–Kier alpha value is -3.42. The molecular weight excluding hydrogens is 324 g/mol. The highest BCUT2D eigenvalue weighted by atomic mass is 16.5. The Balaban J connectivity index is 1.86. The van der Waals surface area contributed by atoms with E-state index < -0.39 is 11.8 Å². The van der Waals surface area contributed by atoms with Crippen LogP contribution in [0, 0.1) is 0 Å². The van der Waals surface area contributed by atoms with Crippen molar-refractivity contribution in [1.82, 2.24) is 15.7 Å². The Morgan fingerprint density at radius 1 is 1.12 bits per heavy atom. The number of hydrogen-bond acceptors (Lipinski definition) is 6.